The third-order valence-corrected chi connectivity index (χ3v) is 5.94. The fraction of sp³-hybridized carbons (Fsp3) is 0.391. The van der Waals surface area contributed by atoms with Gasteiger partial charge in [0.15, 0.2) is 0 Å². The van der Waals surface area contributed by atoms with Crippen molar-refractivity contribution in [1.82, 2.24) is 4.90 Å². The lowest BCUT2D eigenvalue weighted by atomic mass is 9.85. The molecule has 1 aliphatic heterocycles. The van der Waals surface area contributed by atoms with Crippen LogP contribution in [0.2, 0.25) is 10.0 Å². The molecule has 0 radical (unpaired) electrons. The lowest BCUT2D eigenvalue weighted by Gasteiger charge is -2.29. The van der Waals surface area contributed by atoms with Crippen molar-refractivity contribution in [1.29, 1.82) is 0 Å². The van der Waals surface area contributed by atoms with Gasteiger partial charge in [0.2, 0.25) is 0 Å². The molecule has 1 aliphatic rings. The molecule has 3 amide bonds. The monoisotopic (exact) mass is 479 g/mol. The SMILES string of the molecule is COc1cc(C(=O)N2CCOCC2)c(NC(=O)Nc2cccc(Cl)c2Cl)cc1C(C)(C)C. The summed E-state index contributed by atoms with van der Waals surface area (Å²) in [5.41, 5.74) is 1.65. The molecule has 0 unspecified atom stereocenters. The van der Waals surface area contributed by atoms with Crippen LogP contribution in [0.3, 0.4) is 0 Å². The highest BCUT2D eigenvalue weighted by Crippen LogP contribution is 2.37. The van der Waals surface area contributed by atoms with Crippen LogP contribution in [0, 0.1) is 0 Å². The summed E-state index contributed by atoms with van der Waals surface area (Å²) in [7, 11) is 1.56. The summed E-state index contributed by atoms with van der Waals surface area (Å²) in [6, 6.07) is 7.87. The predicted octanol–water partition coefficient (Wildman–Crippen LogP) is 5.42. The van der Waals surface area contributed by atoms with E-state index >= 15 is 0 Å². The topological polar surface area (TPSA) is 79.9 Å². The molecule has 2 aromatic carbocycles. The standard InChI is InChI=1S/C23H27Cl2N3O4/c1-23(2,3)15-13-18(27-22(30)26-17-7-5-6-16(24)20(17)25)14(12-19(15)31-4)21(29)28-8-10-32-11-9-28/h5-7,12-13H,8-11H2,1-4H3,(H2,26,27,30). The van der Waals surface area contributed by atoms with Gasteiger partial charge in [-0.3, -0.25) is 4.79 Å². The average Bonchev–Trinajstić information content (AvgIpc) is 2.76. The molecular weight excluding hydrogens is 453 g/mol. The number of benzene rings is 2. The van der Waals surface area contributed by atoms with Gasteiger partial charge in [-0.1, -0.05) is 50.0 Å². The lowest BCUT2D eigenvalue weighted by Crippen LogP contribution is -2.41. The van der Waals surface area contributed by atoms with Gasteiger partial charge in [-0.15, -0.1) is 0 Å². The van der Waals surface area contributed by atoms with Crippen LogP contribution in [0.1, 0.15) is 36.7 Å². The maximum atomic E-state index is 13.3. The molecule has 9 heteroatoms. The van der Waals surface area contributed by atoms with Gasteiger partial charge in [0, 0.05) is 18.7 Å². The first-order chi connectivity index (χ1) is 15.1. The van der Waals surface area contributed by atoms with E-state index in [0.29, 0.717) is 54.0 Å². The number of urea groups is 1. The van der Waals surface area contributed by atoms with Crippen LogP contribution in [0.4, 0.5) is 16.2 Å². The van der Waals surface area contributed by atoms with Crippen molar-refractivity contribution in [3.05, 3.63) is 51.5 Å². The number of halogens is 2. The third-order valence-electron chi connectivity index (χ3n) is 5.12. The minimum absolute atomic E-state index is 0.205. The Kier molecular flexibility index (Phi) is 7.54. The van der Waals surface area contributed by atoms with E-state index in [9.17, 15) is 9.59 Å². The van der Waals surface area contributed by atoms with E-state index < -0.39 is 6.03 Å². The van der Waals surface area contributed by atoms with E-state index in [2.05, 4.69) is 10.6 Å². The van der Waals surface area contributed by atoms with Crippen molar-refractivity contribution in [3.8, 4) is 5.75 Å². The molecule has 0 spiro atoms. The minimum Gasteiger partial charge on any atom is -0.496 e. The third kappa shape index (κ3) is 5.46. The number of nitrogens with zero attached hydrogens (tertiary/aromatic N) is 1. The smallest absolute Gasteiger partial charge is 0.323 e. The highest BCUT2D eigenvalue weighted by molar-refractivity contribution is 6.44. The van der Waals surface area contributed by atoms with Crippen molar-refractivity contribution in [2.45, 2.75) is 26.2 Å². The summed E-state index contributed by atoms with van der Waals surface area (Å²) >= 11 is 12.2. The summed E-state index contributed by atoms with van der Waals surface area (Å²) in [5, 5.41) is 6.05. The average molecular weight is 480 g/mol. The largest absolute Gasteiger partial charge is 0.496 e. The minimum atomic E-state index is -0.546. The summed E-state index contributed by atoms with van der Waals surface area (Å²) in [5.74, 6) is 0.376. The lowest BCUT2D eigenvalue weighted by molar-refractivity contribution is 0.0303. The van der Waals surface area contributed by atoms with E-state index in [1.54, 1.807) is 42.3 Å². The molecule has 2 aromatic rings. The highest BCUT2D eigenvalue weighted by Gasteiger charge is 2.27. The molecule has 0 atom stereocenters. The van der Waals surface area contributed by atoms with Gasteiger partial charge >= 0.3 is 6.03 Å². The number of morpholine rings is 1. The second-order valence-corrected chi connectivity index (χ2v) is 9.22. The summed E-state index contributed by atoms with van der Waals surface area (Å²) in [4.78, 5) is 27.8. The molecule has 3 rings (SSSR count). The van der Waals surface area contributed by atoms with Crippen LogP contribution in [0.5, 0.6) is 5.75 Å². The number of methoxy groups -OCH3 is 1. The van der Waals surface area contributed by atoms with Gasteiger partial charge in [0.1, 0.15) is 5.75 Å². The molecule has 1 saturated heterocycles. The first kappa shape index (κ1) is 24.2. The van der Waals surface area contributed by atoms with E-state index in [1.807, 2.05) is 20.8 Å². The second kappa shape index (κ2) is 9.98. The first-order valence-corrected chi connectivity index (χ1v) is 11.0. The predicted molar refractivity (Wildman–Crippen MR) is 128 cm³/mol. The van der Waals surface area contributed by atoms with Gasteiger partial charge in [0.05, 0.1) is 47.3 Å². The van der Waals surface area contributed by atoms with Gasteiger partial charge in [-0.05, 0) is 29.7 Å². The Morgan fingerprint density at radius 2 is 1.72 bits per heavy atom. The maximum absolute atomic E-state index is 13.3. The van der Waals surface area contributed by atoms with Crippen LogP contribution in [0.25, 0.3) is 0 Å². The molecular formula is C23H27Cl2N3O4. The molecule has 32 heavy (non-hydrogen) atoms. The molecule has 2 N–H and O–H groups in total. The number of hydrogen-bond acceptors (Lipinski definition) is 4. The van der Waals surface area contributed by atoms with Crippen LogP contribution >= 0.6 is 23.2 Å². The van der Waals surface area contributed by atoms with Crippen molar-refractivity contribution in [2.24, 2.45) is 0 Å². The normalized spacial score (nSPS) is 14.1. The quantitative estimate of drug-likeness (QED) is 0.613. The Labute approximate surface area is 198 Å². The Bertz CT molecular complexity index is 1020. The van der Waals surface area contributed by atoms with E-state index in [1.165, 1.54) is 0 Å². The number of amides is 3. The van der Waals surface area contributed by atoms with Crippen molar-refractivity contribution in [2.75, 3.05) is 44.0 Å². The summed E-state index contributed by atoms with van der Waals surface area (Å²) in [6.45, 7) is 7.99. The van der Waals surface area contributed by atoms with Crippen LogP contribution in [-0.4, -0.2) is 50.3 Å². The summed E-state index contributed by atoms with van der Waals surface area (Å²) < 4.78 is 10.9. The van der Waals surface area contributed by atoms with Gasteiger partial charge < -0.3 is 25.0 Å². The molecule has 0 aliphatic carbocycles. The Hall–Kier alpha value is -2.48. The summed E-state index contributed by atoms with van der Waals surface area (Å²) in [6.07, 6.45) is 0. The second-order valence-electron chi connectivity index (χ2n) is 8.43. The molecule has 172 valence electrons. The number of ether oxygens (including phenoxy) is 2. The maximum Gasteiger partial charge on any atom is 0.323 e. The Balaban J connectivity index is 1.98. The number of hydrogen-bond donors (Lipinski definition) is 2. The van der Waals surface area contributed by atoms with Crippen molar-refractivity contribution >= 4 is 46.5 Å². The van der Waals surface area contributed by atoms with E-state index in [0.717, 1.165) is 5.56 Å². The number of anilines is 2. The Morgan fingerprint density at radius 1 is 1.06 bits per heavy atom. The molecule has 1 fully saturated rings. The zero-order valence-electron chi connectivity index (χ0n) is 18.6. The zero-order chi connectivity index (χ0) is 23.5. The van der Waals surface area contributed by atoms with Crippen LogP contribution in [0.15, 0.2) is 30.3 Å². The highest BCUT2D eigenvalue weighted by atomic mass is 35.5. The van der Waals surface area contributed by atoms with E-state index in [-0.39, 0.29) is 16.3 Å². The van der Waals surface area contributed by atoms with E-state index in [4.69, 9.17) is 32.7 Å². The van der Waals surface area contributed by atoms with Gasteiger partial charge in [0.25, 0.3) is 5.91 Å². The molecule has 0 saturated carbocycles. The fourth-order valence-electron chi connectivity index (χ4n) is 3.43. The number of rotatable bonds is 4. The van der Waals surface area contributed by atoms with Crippen LogP contribution in [-0.2, 0) is 10.2 Å². The van der Waals surface area contributed by atoms with Gasteiger partial charge in [-0.2, -0.15) is 0 Å². The number of carbonyl (C=O) groups excluding carboxylic acids is 2. The first-order valence-electron chi connectivity index (χ1n) is 10.2. The Morgan fingerprint density at radius 3 is 2.34 bits per heavy atom. The van der Waals surface area contributed by atoms with Gasteiger partial charge in [-0.25, -0.2) is 4.79 Å². The fourth-order valence-corrected chi connectivity index (χ4v) is 3.78. The van der Waals surface area contributed by atoms with Crippen molar-refractivity contribution in [3.63, 3.8) is 0 Å². The van der Waals surface area contributed by atoms with Crippen molar-refractivity contribution < 1.29 is 19.1 Å². The zero-order valence-corrected chi connectivity index (χ0v) is 20.1. The molecule has 1 heterocycles. The number of nitrogens with one attached hydrogen (secondary N) is 2. The molecule has 0 bridgehead atoms. The molecule has 7 nitrogen and oxygen atoms in total. The number of carbonyl (C=O) groups is 2. The molecule has 0 aromatic heterocycles. The van der Waals surface area contributed by atoms with Crippen LogP contribution < -0.4 is 15.4 Å².